The molecule has 5 nitrogen and oxygen atoms in total. The van der Waals surface area contributed by atoms with Gasteiger partial charge in [0.05, 0.1) is 0 Å². The van der Waals surface area contributed by atoms with Crippen molar-refractivity contribution in [1.82, 2.24) is 4.90 Å². The number of aliphatic hydroxyl groups excluding tert-OH is 1. The number of para-hydroxylation sites is 1. The van der Waals surface area contributed by atoms with Crippen molar-refractivity contribution < 1.29 is 14.7 Å². The van der Waals surface area contributed by atoms with Gasteiger partial charge in [0, 0.05) is 49.5 Å². The van der Waals surface area contributed by atoms with E-state index in [2.05, 4.69) is 0 Å². The van der Waals surface area contributed by atoms with Crippen LogP contribution < -0.4 is 4.90 Å². The molecular formula is C20H22N2O3. The van der Waals surface area contributed by atoms with Crippen molar-refractivity contribution >= 4 is 17.5 Å². The molecule has 2 amide bonds. The number of amides is 2. The van der Waals surface area contributed by atoms with Crippen LogP contribution in [0, 0.1) is 5.92 Å². The average molecular weight is 338 g/mol. The third-order valence-corrected chi connectivity index (χ3v) is 4.64. The molecule has 1 aliphatic heterocycles. The fraction of sp³-hybridized carbons (Fsp3) is 0.300. The summed E-state index contributed by atoms with van der Waals surface area (Å²) in [6.07, 6.45) is 0.817. The molecule has 1 N–H and O–H groups in total. The summed E-state index contributed by atoms with van der Waals surface area (Å²) in [4.78, 5) is 28.7. The zero-order chi connectivity index (χ0) is 17.8. The van der Waals surface area contributed by atoms with E-state index in [1.807, 2.05) is 30.3 Å². The fourth-order valence-corrected chi connectivity index (χ4v) is 3.10. The largest absolute Gasteiger partial charge is 0.396 e. The molecule has 2 aromatic carbocycles. The van der Waals surface area contributed by atoms with Gasteiger partial charge in [-0.3, -0.25) is 9.59 Å². The Hall–Kier alpha value is -2.66. The van der Waals surface area contributed by atoms with Crippen LogP contribution in [0.4, 0.5) is 5.69 Å². The summed E-state index contributed by atoms with van der Waals surface area (Å²) in [5.74, 6) is -0.0959. The number of hydrogen-bond donors (Lipinski definition) is 1. The second-order valence-electron chi connectivity index (χ2n) is 6.37. The zero-order valence-corrected chi connectivity index (χ0v) is 14.3. The molecule has 0 spiro atoms. The second kappa shape index (κ2) is 7.49. The van der Waals surface area contributed by atoms with E-state index in [4.69, 9.17) is 0 Å². The Morgan fingerprint density at radius 1 is 1.12 bits per heavy atom. The van der Waals surface area contributed by atoms with Crippen LogP contribution in [0.25, 0.3) is 0 Å². The third-order valence-electron chi connectivity index (χ3n) is 4.64. The van der Waals surface area contributed by atoms with Crippen LogP contribution in [-0.4, -0.2) is 48.6 Å². The predicted molar refractivity (Wildman–Crippen MR) is 96.7 cm³/mol. The molecule has 130 valence electrons. The molecule has 0 saturated carbocycles. The maximum atomic E-state index is 12.7. The predicted octanol–water partition coefficient (Wildman–Crippen LogP) is 2.42. The normalized spacial score (nSPS) is 16.7. The molecule has 1 heterocycles. The molecule has 3 rings (SSSR count). The van der Waals surface area contributed by atoms with E-state index in [0.717, 1.165) is 12.1 Å². The number of nitrogens with zero attached hydrogens (tertiary/aromatic N) is 2. The first-order valence-electron chi connectivity index (χ1n) is 8.43. The van der Waals surface area contributed by atoms with E-state index >= 15 is 0 Å². The molecule has 1 atom stereocenters. The number of rotatable bonds is 4. The number of likely N-dealkylation sites (tertiary alicyclic amines) is 1. The van der Waals surface area contributed by atoms with Crippen molar-refractivity contribution in [3.63, 3.8) is 0 Å². The van der Waals surface area contributed by atoms with Crippen molar-refractivity contribution in [2.75, 3.05) is 31.6 Å². The van der Waals surface area contributed by atoms with Gasteiger partial charge in [-0.15, -0.1) is 0 Å². The number of aliphatic hydroxyl groups is 1. The van der Waals surface area contributed by atoms with E-state index in [1.54, 1.807) is 41.1 Å². The molecule has 2 aromatic rings. The first-order valence-corrected chi connectivity index (χ1v) is 8.43. The molecule has 1 fully saturated rings. The molecule has 1 aliphatic rings. The molecule has 0 aliphatic carbocycles. The molecule has 1 unspecified atom stereocenters. The highest BCUT2D eigenvalue weighted by atomic mass is 16.3. The number of carbonyl (C=O) groups is 2. The molecule has 0 bridgehead atoms. The Morgan fingerprint density at radius 2 is 1.84 bits per heavy atom. The van der Waals surface area contributed by atoms with Crippen molar-refractivity contribution in [2.24, 2.45) is 5.92 Å². The minimum atomic E-state index is -0.157. The molecule has 0 radical (unpaired) electrons. The van der Waals surface area contributed by atoms with Gasteiger partial charge >= 0.3 is 0 Å². The van der Waals surface area contributed by atoms with Crippen LogP contribution in [-0.2, 0) is 0 Å². The fourth-order valence-electron chi connectivity index (χ4n) is 3.10. The Morgan fingerprint density at radius 3 is 2.52 bits per heavy atom. The summed E-state index contributed by atoms with van der Waals surface area (Å²) >= 11 is 0. The van der Waals surface area contributed by atoms with Crippen molar-refractivity contribution in [1.29, 1.82) is 0 Å². The van der Waals surface area contributed by atoms with Gasteiger partial charge in [0.1, 0.15) is 0 Å². The van der Waals surface area contributed by atoms with Gasteiger partial charge in [-0.05, 0) is 36.8 Å². The number of carbonyl (C=O) groups excluding carboxylic acids is 2. The van der Waals surface area contributed by atoms with Crippen LogP contribution in [0.15, 0.2) is 54.6 Å². The lowest BCUT2D eigenvalue weighted by Crippen LogP contribution is -2.30. The minimum Gasteiger partial charge on any atom is -0.396 e. The first kappa shape index (κ1) is 17.2. The highest BCUT2D eigenvalue weighted by molar-refractivity contribution is 6.07. The lowest BCUT2D eigenvalue weighted by molar-refractivity contribution is 0.0782. The molecule has 25 heavy (non-hydrogen) atoms. The van der Waals surface area contributed by atoms with Crippen molar-refractivity contribution in [2.45, 2.75) is 6.42 Å². The number of hydrogen-bond acceptors (Lipinski definition) is 3. The summed E-state index contributed by atoms with van der Waals surface area (Å²) in [5, 5.41) is 9.23. The van der Waals surface area contributed by atoms with Gasteiger partial charge in [-0.2, -0.15) is 0 Å². The smallest absolute Gasteiger partial charge is 0.258 e. The van der Waals surface area contributed by atoms with E-state index in [1.165, 1.54) is 0 Å². The summed E-state index contributed by atoms with van der Waals surface area (Å²) in [6, 6.07) is 16.2. The monoisotopic (exact) mass is 338 g/mol. The molecular weight excluding hydrogens is 316 g/mol. The highest BCUT2D eigenvalue weighted by Gasteiger charge is 2.27. The van der Waals surface area contributed by atoms with Crippen molar-refractivity contribution in [3.05, 3.63) is 65.7 Å². The molecule has 0 aromatic heterocycles. The van der Waals surface area contributed by atoms with Crippen LogP contribution in [0.1, 0.15) is 27.1 Å². The quantitative estimate of drug-likeness (QED) is 0.931. The minimum absolute atomic E-state index is 0.0898. The van der Waals surface area contributed by atoms with Gasteiger partial charge in [0.2, 0.25) is 0 Å². The highest BCUT2D eigenvalue weighted by Crippen LogP contribution is 2.20. The summed E-state index contributed by atoms with van der Waals surface area (Å²) in [5.41, 5.74) is 1.79. The maximum Gasteiger partial charge on any atom is 0.258 e. The van der Waals surface area contributed by atoms with Gasteiger partial charge in [-0.1, -0.05) is 24.3 Å². The molecule has 5 heteroatoms. The van der Waals surface area contributed by atoms with Crippen molar-refractivity contribution in [3.8, 4) is 0 Å². The SMILES string of the molecule is CN(C(=O)c1cccc(C(=O)N2CCC(CO)C2)c1)c1ccccc1. The Kier molecular flexibility index (Phi) is 5.14. The Bertz CT molecular complexity index is 761. The third kappa shape index (κ3) is 3.72. The average Bonchev–Trinajstić information content (AvgIpc) is 3.16. The maximum absolute atomic E-state index is 12.7. The summed E-state index contributed by atoms with van der Waals surface area (Å²) < 4.78 is 0. The van der Waals surface area contributed by atoms with E-state index < -0.39 is 0 Å². The lowest BCUT2D eigenvalue weighted by Gasteiger charge is -2.19. The summed E-state index contributed by atoms with van der Waals surface area (Å²) in [7, 11) is 1.72. The van der Waals surface area contributed by atoms with Gasteiger partial charge in [0.25, 0.3) is 11.8 Å². The number of anilines is 1. The van der Waals surface area contributed by atoms with Crippen LogP contribution >= 0.6 is 0 Å². The zero-order valence-electron chi connectivity index (χ0n) is 14.3. The van der Waals surface area contributed by atoms with Gasteiger partial charge in [0.15, 0.2) is 0 Å². The Balaban J connectivity index is 1.77. The molecule has 1 saturated heterocycles. The van der Waals surface area contributed by atoms with Crippen LogP contribution in [0.3, 0.4) is 0 Å². The summed E-state index contributed by atoms with van der Waals surface area (Å²) in [6.45, 7) is 1.31. The van der Waals surface area contributed by atoms with Crippen LogP contribution in [0.2, 0.25) is 0 Å². The van der Waals surface area contributed by atoms with Gasteiger partial charge in [-0.25, -0.2) is 0 Å². The topological polar surface area (TPSA) is 60.9 Å². The second-order valence-corrected chi connectivity index (χ2v) is 6.37. The standard InChI is InChI=1S/C20H22N2O3/c1-21(18-8-3-2-4-9-18)19(24)16-6-5-7-17(12-16)20(25)22-11-10-15(13-22)14-23/h2-9,12,15,23H,10-11,13-14H2,1H3. The number of benzene rings is 2. The van der Waals surface area contributed by atoms with E-state index in [0.29, 0.717) is 24.2 Å². The van der Waals surface area contributed by atoms with E-state index in [9.17, 15) is 14.7 Å². The lowest BCUT2D eigenvalue weighted by atomic mass is 10.1. The van der Waals surface area contributed by atoms with E-state index in [-0.39, 0.29) is 24.3 Å². The van der Waals surface area contributed by atoms with Gasteiger partial charge < -0.3 is 14.9 Å². The Labute approximate surface area is 147 Å². The van der Waals surface area contributed by atoms with Crippen LogP contribution in [0.5, 0.6) is 0 Å². The first-order chi connectivity index (χ1) is 12.1.